The molecule has 3 heteroatoms. The van der Waals surface area contributed by atoms with Crippen molar-refractivity contribution in [2.45, 2.75) is 26.8 Å². The van der Waals surface area contributed by atoms with Crippen molar-refractivity contribution in [2.24, 2.45) is 0 Å². The monoisotopic (exact) mass is 158 g/mol. The minimum Gasteiger partial charge on any atom is -0.266 e. The van der Waals surface area contributed by atoms with Crippen LogP contribution in [0.3, 0.4) is 0 Å². The lowest BCUT2D eigenvalue weighted by atomic mass is 10.4. The molecule has 0 aliphatic rings. The van der Waals surface area contributed by atoms with Crippen molar-refractivity contribution >= 4 is 11.6 Å². The highest BCUT2D eigenvalue weighted by molar-refractivity contribution is 6.31. The molecule has 1 rings (SSSR count). The summed E-state index contributed by atoms with van der Waals surface area (Å²) in [5, 5.41) is 4.84. The average molecular weight is 159 g/mol. The van der Waals surface area contributed by atoms with E-state index in [1.54, 1.807) is 6.20 Å². The fourth-order valence-electron chi connectivity index (χ4n) is 0.923. The second kappa shape index (κ2) is 2.62. The van der Waals surface area contributed by atoms with Gasteiger partial charge in [-0.15, -0.1) is 0 Å². The summed E-state index contributed by atoms with van der Waals surface area (Å²) in [7, 11) is 0. The van der Waals surface area contributed by atoms with Gasteiger partial charge in [-0.05, 0) is 20.8 Å². The summed E-state index contributed by atoms with van der Waals surface area (Å²) in [4.78, 5) is 0. The Morgan fingerprint density at radius 1 is 1.60 bits per heavy atom. The Labute approximate surface area is 65.8 Å². The molecule has 56 valence electrons. The predicted octanol–water partition coefficient (Wildman–Crippen LogP) is 2.43. The summed E-state index contributed by atoms with van der Waals surface area (Å²) in [6.45, 7) is 6.13. The van der Waals surface area contributed by atoms with Crippen LogP contribution >= 0.6 is 11.6 Å². The topological polar surface area (TPSA) is 17.8 Å². The van der Waals surface area contributed by atoms with E-state index >= 15 is 0 Å². The molecule has 0 aliphatic heterocycles. The van der Waals surface area contributed by atoms with E-state index in [4.69, 9.17) is 11.6 Å². The maximum Gasteiger partial charge on any atom is 0.0815 e. The molecule has 0 radical (unpaired) electrons. The van der Waals surface area contributed by atoms with Crippen LogP contribution in [0.2, 0.25) is 5.02 Å². The highest BCUT2D eigenvalue weighted by atomic mass is 35.5. The minimum absolute atomic E-state index is 0.396. The van der Waals surface area contributed by atoms with E-state index in [9.17, 15) is 0 Å². The first-order valence-electron chi connectivity index (χ1n) is 3.32. The maximum atomic E-state index is 5.79. The molecule has 0 unspecified atom stereocenters. The fourth-order valence-corrected chi connectivity index (χ4v) is 1.05. The number of rotatable bonds is 1. The highest BCUT2D eigenvalue weighted by Gasteiger charge is 2.05. The SMILES string of the molecule is Cc1c(Cl)cnn1C(C)C. The third-order valence-electron chi connectivity index (χ3n) is 1.47. The number of aromatic nitrogens is 2. The predicted molar refractivity (Wildman–Crippen MR) is 42.4 cm³/mol. The summed E-state index contributed by atoms with van der Waals surface area (Å²) in [5.74, 6) is 0. The van der Waals surface area contributed by atoms with Crippen LogP contribution in [0.15, 0.2) is 6.20 Å². The standard InChI is InChI=1S/C7H11ClN2/c1-5(2)10-6(3)7(8)4-9-10/h4-5H,1-3H3. The van der Waals surface area contributed by atoms with Crippen molar-refractivity contribution in [1.29, 1.82) is 0 Å². The van der Waals surface area contributed by atoms with Crippen molar-refractivity contribution in [3.8, 4) is 0 Å². The maximum absolute atomic E-state index is 5.79. The number of nitrogens with zero attached hydrogens (tertiary/aromatic N) is 2. The summed E-state index contributed by atoms with van der Waals surface area (Å²) in [5.41, 5.74) is 1.04. The average Bonchev–Trinajstić information content (AvgIpc) is 2.14. The Kier molecular flexibility index (Phi) is 2.00. The van der Waals surface area contributed by atoms with Crippen LogP contribution in [-0.4, -0.2) is 9.78 Å². The summed E-state index contributed by atoms with van der Waals surface area (Å²) >= 11 is 5.79. The second-order valence-corrected chi connectivity index (χ2v) is 3.02. The van der Waals surface area contributed by atoms with Crippen molar-refractivity contribution in [3.05, 3.63) is 16.9 Å². The zero-order valence-electron chi connectivity index (χ0n) is 6.43. The van der Waals surface area contributed by atoms with E-state index < -0.39 is 0 Å². The Hall–Kier alpha value is -0.500. The van der Waals surface area contributed by atoms with E-state index in [2.05, 4.69) is 18.9 Å². The molecule has 0 bridgehead atoms. The quantitative estimate of drug-likeness (QED) is 0.614. The van der Waals surface area contributed by atoms with Gasteiger partial charge in [0.2, 0.25) is 0 Å². The van der Waals surface area contributed by atoms with Gasteiger partial charge in [-0.1, -0.05) is 11.6 Å². The Morgan fingerprint density at radius 3 is 2.40 bits per heavy atom. The van der Waals surface area contributed by atoms with Gasteiger partial charge in [0.15, 0.2) is 0 Å². The second-order valence-electron chi connectivity index (χ2n) is 2.62. The van der Waals surface area contributed by atoms with Crippen LogP contribution in [0.4, 0.5) is 0 Å². The Bertz CT molecular complexity index is 228. The Balaban J connectivity index is 3.05. The molecule has 0 spiro atoms. The zero-order chi connectivity index (χ0) is 7.72. The first-order chi connectivity index (χ1) is 4.63. The summed E-state index contributed by atoms with van der Waals surface area (Å²) in [6, 6.07) is 0.396. The van der Waals surface area contributed by atoms with Gasteiger partial charge in [-0.25, -0.2) is 0 Å². The van der Waals surface area contributed by atoms with Crippen LogP contribution in [0.25, 0.3) is 0 Å². The molecule has 1 aromatic rings. The molecule has 0 saturated heterocycles. The third-order valence-corrected chi connectivity index (χ3v) is 1.84. The molecule has 1 aromatic heterocycles. The summed E-state index contributed by atoms with van der Waals surface area (Å²) in [6.07, 6.45) is 1.68. The number of hydrogen-bond acceptors (Lipinski definition) is 1. The van der Waals surface area contributed by atoms with Crippen molar-refractivity contribution in [3.63, 3.8) is 0 Å². The smallest absolute Gasteiger partial charge is 0.0815 e. The van der Waals surface area contributed by atoms with Gasteiger partial charge in [0, 0.05) is 6.04 Å². The van der Waals surface area contributed by atoms with E-state index in [0.29, 0.717) is 6.04 Å². The van der Waals surface area contributed by atoms with Crippen LogP contribution in [0.1, 0.15) is 25.6 Å². The van der Waals surface area contributed by atoms with E-state index in [1.165, 1.54) is 0 Å². The molecular formula is C7H11ClN2. The normalized spacial score (nSPS) is 10.9. The molecular weight excluding hydrogens is 148 g/mol. The van der Waals surface area contributed by atoms with Gasteiger partial charge >= 0.3 is 0 Å². The van der Waals surface area contributed by atoms with Crippen molar-refractivity contribution < 1.29 is 0 Å². The molecule has 0 saturated carbocycles. The van der Waals surface area contributed by atoms with Gasteiger partial charge in [0.1, 0.15) is 0 Å². The fraction of sp³-hybridized carbons (Fsp3) is 0.571. The summed E-state index contributed by atoms with van der Waals surface area (Å²) < 4.78 is 1.91. The van der Waals surface area contributed by atoms with E-state index in [0.717, 1.165) is 10.7 Å². The van der Waals surface area contributed by atoms with E-state index in [-0.39, 0.29) is 0 Å². The molecule has 2 nitrogen and oxygen atoms in total. The number of halogens is 1. The highest BCUT2D eigenvalue weighted by Crippen LogP contribution is 2.16. The Morgan fingerprint density at radius 2 is 2.20 bits per heavy atom. The molecule has 1 heterocycles. The first kappa shape index (κ1) is 7.61. The number of hydrogen-bond donors (Lipinski definition) is 0. The molecule has 0 amide bonds. The van der Waals surface area contributed by atoms with E-state index in [1.807, 2.05) is 11.6 Å². The third kappa shape index (κ3) is 1.16. The minimum atomic E-state index is 0.396. The van der Waals surface area contributed by atoms with Gasteiger partial charge in [-0.3, -0.25) is 4.68 Å². The van der Waals surface area contributed by atoms with Gasteiger partial charge in [-0.2, -0.15) is 5.10 Å². The van der Waals surface area contributed by atoms with Crippen LogP contribution in [-0.2, 0) is 0 Å². The van der Waals surface area contributed by atoms with Crippen LogP contribution in [0, 0.1) is 6.92 Å². The van der Waals surface area contributed by atoms with Gasteiger partial charge in [0.25, 0.3) is 0 Å². The van der Waals surface area contributed by atoms with Crippen molar-refractivity contribution in [1.82, 2.24) is 9.78 Å². The van der Waals surface area contributed by atoms with Crippen molar-refractivity contribution in [2.75, 3.05) is 0 Å². The zero-order valence-corrected chi connectivity index (χ0v) is 7.18. The van der Waals surface area contributed by atoms with Crippen LogP contribution in [0.5, 0.6) is 0 Å². The molecule has 0 aromatic carbocycles. The lowest BCUT2D eigenvalue weighted by Crippen LogP contribution is -2.04. The molecule has 0 fully saturated rings. The van der Waals surface area contributed by atoms with Gasteiger partial charge < -0.3 is 0 Å². The molecule has 0 aliphatic carbocycles. The lowest BCUT2D eigenvalue weighted by molar-refractivity contribution is 0.519. The van der Waals surface area contributed by atoms with Gasteiger partial charge in [0.05, 0.1) is 16.9 Å². The first-order valence-corrected chi connectivity index (χ1v) is 3.70. The largest absolute Gasteiger partial charge is 0.266 e. The lowest BCUT2D eigenvalue weighted by Gasteiger charge is -2.06. The molecule has 0 atom stereocenters. The van der Waals surface area contributed by atoms with Crippen LogP contribution < -0.4 is 0 Å². The molecule has 0 N–H and O–H groups in total. The molecule has 10 heavy (non-hydrogen) atoms.